The Bertz CT molecular complexity index is 646. The van der Waals surface area contributed by atoms with Gasteiger partial charge in [-0.2, -0.15) is 0 Å². The molecule has 1 aromatic rings. The first-order valence-electron chi connectivity index (χ1n) is 9.55. The summed E-state index contributed by atoms with van der Waals surface area (Å²) in [6, 6.07) is 5.61. The normalized spacial score (nSPS) is 19.8. The fourth-order valence-electron chi connectivity index (χ4n) is 3.57. The van der Waals surface area contributed by atoms with Crippen molar-refractivity contribution >= 4 is 13.3 Å². The van der Waals surface area contributed by atoms with E-state index in [1.807, 2.05) is 0 Å². The van der Waals surface area contributed by atoms with Crippen molar-refractivity contribution in [2.24, 2.45) is 11.7 Å². The molecule has 8 heteroatoms. The molecule has 0 radical (unpaired) electrons. The summed E-state index contributed by atoms with van der Waals surface area (Å²) in [5, 5.41) is 21.9. The highest BCUT2D eigenvalue weighted by Crippen LogP contribution is 2.45. The Morgan fingerprint density at radius 1 is 1.22 bits per heavy atom. The Morgan fingerprint density at radius 2 is 1.85 bits per heavy atom. The zero-order chi connectivity index (χ0) is 19.9. The minimum absolute atomic E-state index is 0.0999. The van der Waals surface area contributed by atoms with Crippen molar-refractivity contribution in [3.8, 4) is 5.75 Å². The Labute approximate surface area is 160 Å². The van der Waals surface area contributed by atoms with E-state index >= 15 is 0 Å². The third kappa shape index (κ3) is 8.01. The number of hydrogen-bond acceptors (Lipinski definition) is 5. The molecule has 0 aliphatic heterocycles. The average Bonchev–Trinajstić information content (AvgIpc) is 2.61. The van der Waals surface area contributed by atoms with Gasteiger partial charge in [0.25, 0.3) is 0 Å². The highest BCUT2D eigenvalue weighted by Gasteiger charge is 2.28. The molecule has 1 amide bonds. The van der Waals surface area contributed by atoms with Crippen molar-refractivity contribution in [3.05, 3.63) is 29.8 Å². The zero-order valence-corrected chi connectivity index (χ0v) is 16.5. The number of hydrogen-bond donors (Lipinski definition) is 5. The first-order valence-corrected chi connectivity index (χ1v) is 11.6. The molecule has 3 atom stereocenters. The standard InChI is InChI=1S/C19H31N2O5P/c20-18(10-14-6-8-16(22)9-7-14)19(24)21-11-17(23)13-27(25,26)12-15-4-2-1-3-5-15/h6-9,15,17-18,22-23H,1-5,10-13,20H2,(H,21,24)(H,25,26)/t17-,18-/m0/s1. The molecular weight excluding hydrogens is 367 g/mol. The van der Waals surface area contributed by atoms with E-state index in [0.717, 1.165) is 31.2 Å². The number of phenolic OH excluding ortho intramolecular Hbond substituents is 1. The van der Waals surface area contributed by atoms with Crippen LogP contribution in [0.4, 0.5) is 0 Å². The van der Waals surface area contributed by atoms with Gasteiger partial charge in [-0.15, -0.1) is 0 Å². The Kier molecular flexibility index (Phi) is 8.29. The van der Waals surface area contributed by atoms with Crippen molar-refractivity contribution in [3.63, 3.8) is 0 Å². The predicted molar refractivity (Wildman–Crippen MR) is 105 cm³/mol. The number of carbonyl (C=O) groups excluding carboxylic acids is 1. The first-order chi connectivity index (χ1) is 12.7. The van der Waals surface area contributed by atoms with Gasteiger partial charge in [-0.05, 0) is 42.9 Å². The van der Waals surface area contributed by atoms with Gasteiger partial charge in [0.1, 0.15) is 5.75 Å². The van der Waals surface area contributed by atoms with Gasteiger partial charge < -0.3 is 26.2 Å². The molecule has 7 nitrogen and oxygen atoms in total. The lowest BCUT2D eigenvalue weighted by Gasteiger charge is -2.25. The number of nitrogens with two attached hydrogens (primary N) is 1. The van der Waals surface area contributed by atoms with Gasteiger partial charge in [-0.25, -0.2) is 0 Å². The summed E-state index contributed by atoms with van der Waals surface area (Å²) in [6.45, 7) is -0.0999. The number of aliphatic hydroxyl groups excluding tert-OH is 1. The SMILES string of the molecule is N[C@@H](Cc1ccc(O)cc1)C(=O)NC[C@H](O)CP(=O)(O)CC1CCCCC1. The summed E-state index contributed by atoms with van der Waals surface area (Å²) in [4.78, 5) is 22.2. The van der Waals surface area contributed by atoms with Crippen molar-refractivity contribution in [2.75, 3.05) is 18.9 Å². The number of carbonyl (C=O) groups is 1. The van der Waals surface area contributed by atoms with E-state index in [4.69, 9.17) is 5.73 Å². The van der Waals surface area contributed by atoms with E-state index in [1.165, 1.54) is 18.6 Å². The first kappa shape index (κ1) is 21.9. The van der Waals surface area contributed by atoms with Crippen molar-refractivity contribution in [2.45, 2.75) is 50.7 Å². The number of aromatic hydroxyl groups is 1. The van der Waals surface area contributed by atoms with Crippen LogP contribution in [0.5, 0.6) is 5.75 Å². The Morgan fingerprint density at radius 3 is 2.48 bits per heavy atom. The third-order valence-electron chi connectivity index (χ3n) is 5.00. The summed E-state index contributed by atoms with van der Waals surface area (Å²) in [6.07, 6.45) is 4.59. The van der Waals surface area contributed by atoms with Crippen LogP contribution < -0.4 is 11.1 Å². The molecule has 1 fully saturated rings. The summed E-state index contributed by atoms with van der Waals surface area (Å²) in [7, 11) is -3.42. The highest BCUT2D eigenvalue weighted by molar-refractivity contribution is 7.58. The van der Waals surface area contributed by atoms with E-state index in [-0.39, 0.29) is 30.5 Å². The maximum Gasteiger partial charge on any atom is 0.237 e. The minimum atomic E-state index is -3.42. The van der Waals surface area contributed by atoms with Crippen LogP contribution in [0, 0.1) is 5.92 Å². The van der Waals surface area contributed by atoms with Crippen LogP contribution in [0.25, 0.3) is 0 Å². The molecule has 0 bridgehead atoms. The molecule has 0 spiro atoms. The monoisotopic (exact) mass is 398 g/mol. The lowest BCUT2D eigenvalue weighted by molar-refractivity contribution is -0.122. The molecule has 152 valence electrons. The largest absolute Gasteiger partial charge is 0.508 e. The third-order valence-corrected chi connectivity index (χ3v) is 7.08. The van der Waals surface area contributed by atoms with E-state index in [9.17, 15) is 24.5 Å². The molecule has 0 heterocycles. The van der Waals surface area contributed by atoms with Crippen molar-refractivity contribution in [1.29, 1.82) is 0 Å². The lowest BCUT2D eigenvalue weighted by Crippen LogP contribution is -2.45. The molecule has 27 heavy (non-hydrogen) atoms. The molecule has 1 aromatic carbocycles. The molecule has 1 saturated carbocycles. The van der Waals surface area contributed by atoms with Crippen LogP contribution >= 0.6 is 7.37 Å². The molecule has 0 saturated heterocycles. The number of amides is 1. The number of rotatable bonds is 9. The quantitative estimate of drug-likeness (QED) is 0.401. The Hall–Kier alpha value is -1.40. The molecule has 0 aromatic heterocycles. The molecule has 1 aliphatic carbocycles. The summed E-state index contributed by atoms with van der Waals surface area (Å²) < 4.78 is 12.4. The molecule has 1 aliphatic rings. The van der Waals surface area contributed by atoms with Gasteiger partial charge in [0.05, 0.1) is 18.3 Å². The van der Waals surface area contributed by atoms with E-state index in [0.29, 0.717) is 6.42 Å². The molecule has 6 N–H and O–H groups in total. The average molecular weight is 398 g/mol. The number of phenols is 1. The Balaban J connectivity index is 1.72. The highest BCUT2D eigenvalue weighted by atomic mass is 31.2. The van der Waals surface area contributed by atoms with Crippen LogP contribution in [-0.2, 0) is 15.8 Å². The summed E-state index contributed by atoms with van der Waals surface area (Å²) in [5.74, 6) is -0.0289. The van der Waals surface area contributed by atoms with Crippen LogP contribution in [0.1, 0.15) is 37.7 Å². The topological polar surface area (TPSA) is 133 Å². The van der Waals surface area contributed by atoms with Crippen molar-refractivity contribution in [1.82, 2.24) is 5.32 Å². The van der Waals surface area contributed by atoms with Gasteiger partial charge >= 0.3 is 0 Å². The smallest absolute Gasteiger partial charge is 0.237 e. The van der Waals surface area contributed by atoms with E-state index in [2.05, 4.69) is 5.32 Å². The fourth-order valence-corrected chi connectivity index (χ4v) is 5.68. The molecule has 2 rings (SSSR count). The maximum absolute atomic E-state index is 12.4. The van der Waals surface area contributed by atoms with Crippen LogP contribution in [-0.4, -0.2) is 52.0 Å². The summed E-state index contributed by atoms with van der Waals surface area (Å²) in [5.41, 5.74) is 6.67. The van der Waals surface area contributed by atoms with Crippen LogP contribution in [0.2, 0.25) is 0 Å². The van der Waals surface area contributed by atoms with Crippen LogP contribution in [0.15, 0.2) is 24.3 Å². The zero-order valence-electron chi connectivity index (χ0n) is 15.6. The fraction of sp³-hybridized carbons (Fsp3) is 0.632. The number of benzene rings is 1. The van der Waals surface area contributed by atoms with E-state index < -0.39 is 25.4 Å². The number of nitrogens with one attached hydrogen (secondary N) is 1. The predicted octanol–water partition coefficient (Wildman–Crippen LogP) is 1.59. The second-order valence-corrected chi connectivity index (χ2v) is 10.0. The molecular formula is C19H31N2O5P. The number of aliphatic hydroxyl groups is 1. The molecule has 1 unspecified atom stereocenters. The van der Waals surface area contributed by atoms with Crippen LogP contribution in [0.3, 0.4) is 0 Å². The van der Waals surface area contributed by atoms with Gasteiger partial charge in [-0.3, -0.25) is 9.36 Å². The van der Waals surface area contributed by atoms with Gasteiger partial charge in [0.15, 0.2) is 0 Å². The van der Waals surface area contributed by atoms with Gasteiger partial charge in [0, 0.05) is 12.7 Å². The maximum atomic E-state index is 12.4. The van der Waals surface area contributed by atoms with E-state index in [1.54, 1.807) is 12.1 Å². The second kappa shape index (κ2) is 10.2. The van der Waals surface area contributed by atoms with Crippen molar-refractivity contribution < 1.29 is 24.5 Å². The van der Waals surface area contributed by atoms with Gasteiger partial charge in [-0.1, -0.05) is 31.4 Å². The van der Waals surface area contributed by atoms with Gasteiger partial charge in [0.2, 0.25) is 13.3 Å². The summed E-state index contributed by atoms with van der Waals surface area (Å²) >= 11 is 0. The minimum Gasteiger partial charge on any atom is -0.508 e. The second-order valence-electron chi connectivity index (χ2n) is 7.59. The lowest BCUT2D eigenvalue weighted by atomic mass is 9.91.